The molecule has 39 heavy (non-hydrogen) atoms. The Bertz CT molecular complexity index is 1200. The molecule has 2 aromatic heterocycles. The summed E-state index contributed by atoms with van der Waals surface area (Å²) in [6, 6.07) is 5.40. The van der Waals surface area contributed by atoms with Gasteiger partial charge in [0.25, 0.3) is 0 Å². The van der Waals surface area contributed by atoms with Gasteiger partial charge in [0.15, 0.2) is 0 Å². The molecule has 2 heterocycles. The number of thiophene rings is 1. The largest absolute Gasteiger partial charge is 0.478 e. The fraction of sp³-hybridized carbons (Fsp3) is 0.581. The van der Waals surface area contributed by atoms with E-state index >= 15 is 0 Å². The Balaban J connectivity index is 1.86. The minimum Gasteiger partial charge on any atom is -0.478 e. The van der Waals surface area contributed by atoms with Gasteiger partial charge in [-0.2, -0.15) is 0 Å². The average Bonchev–Trinajstić information content (AvgIpc) is 3.27. The first-order valence-corrected chi connectivity index (χ1v) is 14.6. The molecule has 0 spiro atoms. The van der Waals surface area contributed by atoms with Crippen LogP contribution in [0.15, 0.2) is 24.4 Å². The second kappa shape index (κ2) is 13.5. The second-order valence-corrected chi connectivity index (χ2v) is 13.1. The van der Waals surface area contributed by atoms with Crippen molar-refractivity contribution < 1.29 is 19.4 Å². The van der Waals surface area contributed by atoms with Crippen molar-refractivity contribution in [3.63, 3.8) is 0 Å². The molecule has 1 N–H and O–H groups in total. The molecule has 1 fully saturated rings. The molecule has 0 aromatic carbocycles. The molecule has 1 aliphatic rings. The van der Waals surface area contributed by atoms with Crippen molar-refractivity contribution in [2.24, 2.45) is 17.3 Å². The molecule has 2 aromatic rings. The highest BCUT2D eigenvalue weighted by Gasteiger charge is 2.34. The number of anilines is 1. The number of amides is 1. The van der Waals surface area contributed by atoms with E-state index < -0.39 is 5.97 Å². The van der Waals surface area contributed by atoms with E-state index in [2.05, 4.69) is 28.6 Å². The molecule has 0 bridgehead atoms. The van der Waals surface area contributed by atoms with Gasteiger partial charge in [-0.05, 0) is 91.1 Å². The number of hydrogen-bond acceptors (Lipinski definition) is 6. The van der Waals surface area contributed by atoms with E-state index in [4.69, 9.17) is 4.74 Å². The number of carboxylic acid groups (broad SMARTS) is 1. The van der Waals surface area contributed by atoms with Crippen LogP contribution in [-0.4, -0.2) is 53.6 Å². The monoisotopic (exact) mass is 553 g/mol. The topological polar surface area (TPSA) is 83.0 Å². The molecule has 0 saturated heterocycles. The lowest BCUT2D eigenvalue weighted by Gasteiger charge is -2.34. The summed E-state index contributed by atoms with van der Waals surface area (Å²) in [6.07, 6.45) is 5.94. The number of hydrogen-bond donors (Lipinski definition) is 1. The SMILES string of the molecule is CC1CCC(C(=O)N(c2cc(C#CC(C)(C)C)sc2C(=O)O)[C@@H](C)CCOc2cc(CN(C)C)ccn2)CC1. The van der Waals surface area contributed by atoms with Gasteiger partial charge in [0.05, 0.1) is 17.2 Å². The van der Waals surface area contributed by atoms with Crippen molar-refractivity contribution in [1.82, 2.24) is 9.88 Å². The molecule has 212 valence electrons. The van der Waals surface area contributed by atoms with E-state index in [1.165, 1.54) is 0 Å². The molecule has 0 aliphatic heterocycles. The quantitative estimate of drug-likeness (QED) is 0.347. The van der Waals surface area contributed by atoms with Crippen molar-refractivity contribution in [3.05, 3.63) is 39.7 Å². The number of carboxylic acids is 1. The van der Waals surface area contributed by atoms with Crippen LogP contribution in [0.4, 0.5) is 5.69 Å². The Morgan fingerprint density at radius 3 is 2.51 bits per heavy atom. The predicted molar refractivity (Wildman–Crippen MR) is 157 cm³/mol. The summed E-state index contributed by atoms with van der Waals surface area (Å²) in [5, 5.41) is 10.1. The fourth-order valence-electron chi connectivity index (χ4n) is 4.76. The van der Waals surface area contributed by atoms with Gasteiger partial charge < -0.3 is 19.6 Å². The van der Waals surface area contributed by atoms with Gasteiger partial charge >= 0.3 is 5.97 Å². The second-order valence-electron chi connectivity index (χ2n) is 12.0. The maximum atomic E-state index is 14.0. The highest BCUT2D eigenvalue weighted by Crippen LogP contribution is 2.36. The van der Waals surface area contributed by atoms with Crippen molar-refractivity contribution >= 4 is 28.9 Å². The zero-order valence-corrected chi connectivity index (χ0v) is 25.2. The van der Waals surface area contributed by atoms with Gasteiger partial charge in [-0.15, -0.1) is 11.3 Å². The number of nitrogens with zero attached hydrogens (tertiary/aromatic N) is 3. The first-order chi connectivity index (χ1) is 18.3. The predicted octanol–water partition coefficient (Wildman–Crippen LogP) is 6.32. The van der Waals surface area contributed by atoms with Crippen LogP contribution in [0, 0.1) is 29.1 Å². The van der Waals surface area contributed by atoms with Crippen LogP contribution in [0.3, 0.4) is 0 Å². The Morgan fingerprint density at radius 2 is 1.90 bits per heavy atom. The highest BCUT2D eigenvalue weighted by molar-refractivity contribution is 7.15. The van der Waals surface area contributed by atoms with E-state index in [0.29, 0.717) is 35.4 Å². The Morgan fingerprint density at radius 1 is 1.21 bits per heavy atom. The lowest BCUT2D eigenvalue weighted by molar-refractivity contribution is -0.124. The van der Waals surface area contributed by atoms with Crippen LogP contribution in [0.1, 0.15) is 86.8 Å². The van der Waals surface area contributed by atoms with Crippen LogP contribution >= 0.6 is 11.3 Å². The van der Waals surface area contributed by atoms with Crippen LogP contribution in [0.25, 0.3) is 0 Å². The van der Waals surface area contributed by atoms with Crippen LogP contribution < -0.4 is 9.64 Å². The maximum absolute atomic E-state index is 14.0. The number of pyridine rings is 1. The van der Waals surface area contributed by atoms with E-state index in [0.717, 1.165) is 49.1 Å². The van der Waals surface area contributed by atoms with E-state index in [9.17, 15) is 14.7 Å². The Kier molecular flexibility index (Phi) is 10.6. The molecule has 1 saturated carbocycles. The molecule has 1 aliphatic carbocycles. The molecule has 8 heteroatoms. The molecule has 1 atom stereocenters. The lowest BCUT2D eigenvalue weighted by atomic mass is 9.82. The summed E-state index contributed by atoms with van der Waals surface area (Å²) in [5.41, 5.74) is 1.33. The van der Waals surface area contributed by atoms with Gasteiger partial charge in [-0.3, -0.25) is 4.79 Å². The van der Waals surface area contributed by atoms with E-state index in [-0.39, 0.29) is 28.2 Å². The lowest BCUT2D eigenvalue weighted by Crippen LogP contribution is -2.44. The summed E-state index contributed by atoms with van der Waals surface area (Å²) >= 11 is 1.13. The van der Waals surface area contributed by atoms with Crippen LogP contribution in [0.5, 0.6) is 5.88 Å². The third-order valence-corrected chi connectivity index (χ3v) is 7.88. The Labute approximate surface area is 237 Å². The highest BCUT2D eigenvalue weighted by atomic mass is 32.1. The van der Waals surface area contributed by atoms with Gasteiger partial charge in [0.1, 0.15) is 4.88 Å². The number of aromatic nitrogens is 1. The van der Waals surface area contributed by atoms with Gasteiger partial charge in [-0.25, -0.2) is 9.78 Å². The fourth-order valence-corrected chi connectivity index (χ4v) is 5.60. The summed E-state index contributed by atoms with van der Waals surface area (Å²) in [5.74, 6) is 6.32. The van der Waals surface area contributed by atoms with E-state index in [1.807, 2.05) is 53.9 Å². The standard InChI is InChI=1S/C31H43N3O4S/c1-21-8-10-24(11-9-21)29(35)34(26-19-25(12-15-31(3,4)5)39-28(26)30(36)37)22(2)14-17-38-27-18-23(13-16-32-27)20-33(6)7/h13,16,18-19,21-22,24H,8-11,14,17,20H2,1-7H3,(H,36,37)/t21?,22-,24?/m0/s1. The number of carbonyl (C=O) groups excluding carboxylic acids is 1. The van der Waals surface area contributed by atoms with Crippen molar-refractivity contribution in [2.45, 2.75) is 79.3 Å². The van der Waals surface area contributed by atoms with Crippen molar-refractivity contribution in [3.8, 4) is 17.7 Å². The zero-order valence-electron chi connectivity index (χ0n) is 24.4. The minimum absolute atomic E-state index is 0.00358. The summed E-state index contributed by atoms with van der Waals surface area (Å²) in [7, 11) is 4.02. The summed E-state index contributed by atoms with van der Waals surface area (Å²) in [6.45, 7) is 11.4. The summed E-state index contributed by atoms with van der Waals surface area (Å²) < 4.78 is 5.98. The van der Waals surface area contributed by atoms with Crippen molar-refractivity contribution in [1.29, 1.82) is 0 Å². The maximum Gasteiger partial charge on any atom is 0.348 e. The average molecular weight is 554 g/mol. The van der Waals surface area contributed by atoms with Gasteiger partial charge in [-0.1, -0.05) is 18.8 Å². The first kappa shape index (κ1) is 30.6. The number of ether oxygens (including phenoxy) is 1. The molecular formula is C31H43N3O4S. The number of rotatable bonds is 10. The molecule has 0 radical (unpaired) electrons. The normalized spacial score (nSPS) is 18.3. The number of carbonyl (C=O) groups is 2. The van der Waals surface area contributed by atoms with Gasteiger partial charge in [0.2, 0.25) is 11.8 Å². The first-order valence-electron chi connectivity index (χ1n) is 13.8. The molecule has 3 rings (SSSR count). The molecule has 0 unspecified atom stereocenters. The smallest absolute Gasteiger partial charge is 0.348 e. The zero-order chi connectivity index (χ0) is 28.7. The molecule has 1 amide bonds. The van der Waals surface area contributed by atoms with Gasteiger partial charge in [0, 0.05) is 42.6 Å². The summed E-state index contributed by atoms with van der Waals surface area (Å²) in [4.78, 5) is 35.2. The van der Waals surface area contributed by atoms with Crippen LogP contribution in [0.2, 0.25) is 0 Å². The van der Waals surface area contributed by atoms with Crippen LogP contribution in [-0.2, 0) is 11.3 Å². The molecule has 7 nitrogen and oxygen atoms in total. The third-order valence-electron chi connectivity index (χ3n) is 6.85. The Hall–Kier alpha value is -2.89. The third kappa shape index (κ3) is 9.08. The number of aromatic carboxylic acids is 1. The van der Waals surface area contributed by atoms with Crippen molar-refractivity contribution in [2.75, 3.05) is 25.6 Å². The molecular weight excluding hydrogens is 510 g/mol. The minimum atomic E-state index is -1.04. The van der Waals surface area contributed by atoms with E-state index in [1.54, 1.807) is 17.2 Å².